The highest BCUT2D eigenvalue weighted by molar-refractivity contribution is 9.10. The zero-order valence-corrected chi connectivity index (χ0v) is 9.24. The molecule has 10 heteroatoms. The van der Waals surface area contributed by atoms with Gasteiger partial charge in [-0.15, -0.1) is 13.2 Å². The van der Waals surface area contributed by atoms with Crippen LogP contribution in [-0.4, -0.2) is 16.3 Å². The van der Waals surface area contributed by atoms with E-state index >= 15 is 0 Å². The quantitative estimate of drug-likeness (QED) is 0.618. The number of alkyl halides is 3. The van der Waals surface area contributed by atoms with E-state index in [2.05, 4.69) is 25.7 Å². The maximum atomic E-state index is 11.9. The molecule has 0 unspecified atom stereocenters. The van der Waals surface area contributed by atoms with Crippen molar-refractivity contribution in [1.82, 2.24) is 4.98 Å². The first-order chi connectivity index (χ1) is 7.76. The Morgan fingerprint density at radius 3 is 2.59 bits per heavy atom. The van der Waals surface area contributed by atoms with Gasteiger partial charge in [-0.3, -0.25) is 10.1 Å². The molecular formula is C7HBrF3N3O3. The normalized spacial score (nSPS) is 10.8. The van der Waals surface area contributed by atoms with Gasteiger partial charge in [-0.05, 0) is 15.9 Å². The third-order valence-corrected chi connectivity index (χ3v) is 2.23. The van der Waals surface area contributed by atoms with Crippen LogP contribution in [-0.2, 0) is 0 Å². The molecule has 0 amide bonds. The van der Waals surface area contributed by atoms with Gasteiger partial charge in [-0.25, -0.2) is 4.98 Å². The van der Waals surface area contributed by atoms with Gasteiger partial charge in [0.1, 0.15) is 10.5 Å². The summed E-state index contributed by atoms with van der Waals surface area (Å²) < 4.78 is 38.8. The van der Waals surface area contributed by atoms with Crippen molar-refractivity contribution < 1.29 is 22.8 Å². The van der Waals surface area contributed by atoms with Crippen molar-refractivity contribution >= 4 is 21.6 Å². The number of hydrogen-bond donors (Lipinski definition) is 0. The van der Waals surface area contributed by atoms with E-state index in [-0.39, 0.29) is 0 Å². The summed E-state index contributed by atoms with van der Waals surface area (Å²) >= 11 is 2.63. The molecule has 0 aliphatic rings. The van der Waals surface area contributed by atoms with Crippen LogP contribution < -0.4 is 4.74 Å². The molecule has 0 saturated carbocycles. The molecule has 17 heavy (non-hydrogen) atoms. The average molecular weight is 312 g/mol. The van der Waals surface area contributed by atoms with E-state index in [1.54, 1.807) is 0 Å². The molecule has 0 radical (unpaired) electrons. The SMILES string of the molecule is N#Cc1ncc(OC(F)(F)F)c([N+](=O)[O-])c1Br. The molecule has 0 fully saturated rings. The predicted octanol–water partition coefficient (Wildman–Crippen LogP) is 2.52. The van der Waals surface area contributed by atoms with Crippen LogP contribution in [0.1, 0.15) is 5.69 Å². The Balaban J connectivity index is 3.38. The number of rotatable bonds is 2. The average Bonchev–Trinajstić information content (AvgIpc) is 2.14. The molecule has 6 nitrogen and oxygen atoms in total. The summed E-state index contributed by atoms with van der Waals surface area (Å²) in [5, 5.41) is 19.1. The molecule has 1 heterocycles. The van der Waals surface area contributed by atoms with Crippen molar-refractivity contribution in [2.24, 2.45) is 0 Å². The minimum absolute atomic E-state index is 0.411. The minimum Gasteiger partial charge on any atom is -0.397 e. The van der Waals surface area contributed by atoms with Gasteiger partial charge >= 0.3 is 12.0 Å². The topological polar surface area (TPSA) is 89.0 Å². The van der Waals surface area contributed by atoms with Gasteiger partial charge in [0, 0.05) is 0 Å². The molecule has 1 aromatic rings. The Morgan fingerprint density at radius 2 is 2.18 bits per heavy atom. The Labute approximate surface area is 99.9 Å². The molecule has 90 valence electrons. The van der Waals surface area contributed by atoms with Crippen LogP contribution in [0.2, 0.25) is 0 Å². The number of nitriles is 1. The largest absolute Gasteiger partial charge is 0.573 e. The number of aromatic nitrogens is 1. The number of nitro groups is 1. The first-order valence-corrected chi connectivity index (χ1v) is 4.54. The van der Waals surface area contributed by atoms with Crippen LogP contribution in [0.25, 0.3) is 0 Å². The van der Waals surface area contributed by atoms with Gasteiger partial charge in [0.05, 0.1) is 11.1 Å². The van der Waals surface area contributed by atoms with Crippen molar-refractivity contribution in [3.63, 3.8) is 0 Å². The lowest BCUT2D eigenvalue weighted by Gasteiger charge is -2.09. The molecule has 0 saturated heterocycles. The molecule has 1 aromatic heterocycles. The monoisotopic (exact) mass is 311 g/mol. The van der Waals surface area contributed by atoms with Gasteiger partial charge in [-0.2, -0.15) is 5.26 Å². The van der Waals surface area contributed by atoms with Gasteiger partial charge < -0.3 is 4.74 Å². The van der Waals surface area contributed by atoms with E-state index in [1.165, 1.54) is 6.07 Å². The predicted molar refractivity (Wildman–Crippen MR) is 50.0 cm³/mol. The van der Waals surface area contributed by atoms with E-state index in [0.717, 1.165) is 0 Å². The number of hydrogen-bond acceptors (Lipinski definition) is 5. The van der Waals surface area contributed by atoms with Gasteiger partial charge in [0.2, 0.25) is 5.75 Å². The minimum atomic E-state index is -5.08. The summed E-state index contributed by atoms with van der Waals surface area (Å²) in [6.07, 6.45) is -4.62. The van der Waals surface area contributed by atoms with Crippen LogP contribution in [0, 0.1) is 21.4 Å². The van der Waals surface area contributed by atoms with Gasteiger partial charge in [0.15, 0.2) is 5.69 Å². The highest BCUT2D eigenvalue weighted by atomic mass is 79.9. The number of pyridine rings is 1. The maximum absolute atomic E-state index is 11.9. The fourth-order valence-corrected chi connectivity index (χ4v) is 1.44. The smallest absolute Gasteiger partial charge is 0.397 e. The fraction of sp³-hybridized carbons (Fsp3) is 0.143. The Morgan fingerprint density at radius 1 is 1.59 bits per heavy atom. The molecular weight excluding hydrogens is 311 g/mol. The first kappa shape index (κ1) is 13.2. The summed E-state index contributed by atoms with van der Waals surface area (Å²) in [6.45, 7) is 0. The molecule has 0 aromatic carbocycles. The highest BCUT2D eigenvalue weighted by Gasteiger charge is 2.36. The van der Waals surface area contributed by atoms with Crippen LogP contribution in [0.5, 0.6) is 5.75 Å². The van der Waals surface area contributed by atoms with Crippen molar-refractivity contribution in [3.05, 3.63) is 26.5 Å². The Kier molecular flexibility index (Phi) is 3.52. The number of nitrogens with zero attached hydrogens (tertiary/aromatic N) is 3. The summed E-state index contributed by atoms with van der Waals surface area (Å²) in [4.78, 5) is 12.8. The van der Waals surface area contributed by atoms with Crippen LogP contribution in [0.15, 0.2) is 10.7 Å². The van der Waals surface area contributed by atoms with E-state index < -0.39 is 32.9 Å². The molecule has 0 aliphatic heterocycles. The molecule has 0 N–H and O–H groups in total. The van der Waals surface area contributed by atoms with Gasteiger partial charge in [0.25, 0.3) is 0 Å². The zero-order valence-electron chi connectivity index (χ0n) is 7.66. The molecule has 0 bridgehead atoms. The summed E-state index contributed by atoms with van der Waals surface area (Å²) in [7, 11) is 0. The molecule has 0 atom stereocenters. The van der Waals surface area contributed by atoms with E-state index in [1.807, 2.05) is 0 Å². The summed E-state index contributed by atoms with van der Waals surface area (Å²) in [5.74, 6) is -1.09. The zero-order chi connectivity index (χ0) is 13.2. The Hall–Kier alpha value is -1.89. The fourth-order valence-electron chi connectivity index (χ4n) is 0.909. The van der Waals surface area contributed by atoms with Crippen LogP contribution in [0.3, 0.4) is 0 Å². The van der Waals surface area contributed by atoms with E-state index in [0.29, 0.717) is 6.20 Å². The second-order valence-electron chi connectivity index (χ2n) is 2.55. The molecule has 1 rings (SSSR count). The second kappa shape index (κ2) is 4.54. The standard InChI is InChI=1S/C7HBrF3N3O3/c8-5-3(1-12)13-2-4(6(5)14(15)16)17-7(9,10)11/h2H. The van der Waals surface area contributed by atoms with Crippen LogP contribution in [0.4, 0.5) is 18.9 Å². The van der Waals surface area contributed by atoms with E-state index in [9.17, 15) is 23.3 Å². The third-order valence-electron chi connectivity index (χ3n) is 1.47. The summed E-state index contributed by atoms with van der Waals surface area (Å²) in [5.41, 5.74) is -1.42. The lowest BCUT2D eigenvalue weighted by Crippen LogP contribution is -2.18. The van der Waals surface area contributed by atoms with Crippen molar-refractivity contribution in [2.75, 3.05) is 0 Å². The first-order valence-electron chi connectivity index (χ1n) is 3.75. The van der Waals surface area contributed by atoms with Crippen molar-refractivity contribution in [2.45, 2.75) is 6.36 Å². The van der Waals surface area contributed by atoms with Crippen molar-refractivity contribution in [1.29, 1.82) is 5.26 Å². The Bertz CT molecular complexity index is 512. The van der Waals surface area contributed by atoms with Gasteiger partial charge in [-0.1, -0.05) is 0 Å². The van der Waals surface area contributed by atoms with Crippen molar-refractivity contribution in [3.8, 4) is 11.8 Å². The summed E-state index contributed by atoms with van der Waals surface area (Å²) in [6, 6.07) is 1.48. The van der Waals surface area contributed by atoms with E-state index in [4.69, 9.17) is 5.26 Å². The highest BCUT2D eigenvalue weighted by Crippen LogP contribution is 2.38. The lowest BCUT2D eigenvalue weighted by atomic mass is 10.3. The third kappa shape index (κ3) is 3.04. The second-order valence-corrected chi connectivity index (χ2v) is 3.34. The number of ether oxygens (including phenoxy) is 1. The maximum Gasteiger partial charge on any atom is 0.573 e. The lowest BCUT2D eigenvalue weighted by molar-refractivity contribution is -0.389. The molecule has 0 aliphatic carbocycles. The van der Waals surface area contributed by atoms with Crippen LogP contribution >= 0.6 is 15.9 Å². The number of halogens is 4. The molecule has 0 spiro atoms.